The summed E-state index contributed by atoms with van der Waals surface area (Å²) in [5.41, 5.74) is 0.548. The van der Waals surface area contributed by atoms with Gasteiger partial charge in [-0.05, 0) is 31.4 Å². The lowest BCUT2D eigenvalue weighted by molar-refractivity contribution is 0.0935. The molecule has 0 spiro atoms. The van der Waals surface area contributed by atoms with Crippen LogP contribution in [-0.4, -0.2) is 26.2 Å². The molecular formula is C15H25NO3S. The van der Waals surface area contributed by atoms with E-state index in [0.717, 1.165) is 6.42 Å². The molecule has 0 unspecified atom stereocenters. The molecule has 0 aliphatic rings. The van der Waals surface area contributed by atoms with Crippen molar-refractivity contribution in [2.75, 3.05) is 14.2 Å². The number of nitrogens with one attached hydrogen (secondary N) is 1. The third-order valence-corrected chi connectivity index (χ3v) is 2.82. The molecule has 1 atom stereocenters. The highest BCUT2D eigenvalue weighted by Crippen LogP contribution is 2.22. The van der Waals surface area contributed by atoms with E-state index in [0.29, 0.717) is 23.0 Å². The molecule has 0 aromatic heterocycles. The number of carbonyl (C=O) groups excluding carboxylic acids is 1. The molecule has 4 nitrogen and oxygen atoms in total. The lowest BCUT2D eigenvalue weighted by Crippen LogP contribution is -2.33. The van der Waals surface area contributed by atoms with Crippen molar-refractivity contribution in [2.24, 2.45) is 5.92 Å². The maximum Gasteiger partial charge on any atom is 0.251 e. The largest absolute Gasteiger partial charge is 0.497 e. The van der Waals surface area contributed by atoms with Crippen LogP contribution in [0.3, 0.4) is 0 Å². The van der Waals surface area contributed by atoms with Crippen LogP contribution in [0.4, 0.5) is 0 Å². The zero-order valence-electron chi connectivity index (χ0n) is 12.8. The molecule has 0 bridgehead atoms. The smallest absolute Gasteiger partial charge is 0.251 e. The van der Waals surface area contributed by atoms with E-state index in [-0.39, 0.29) is 25.4 Å². The normalized spacial score (nSPS) is 11.5. The highest BCUT2D eigenvalue weighted by molar-refractivity contribution is 7.59. The molecule has 1 N–H and O–H groups in total. The Hall–Kier alpha value is -1.36. The molecule has 20 heavy (non-hydrogen) atoms. The average molecular weight is 299 g/mol. The Morgan fingerprint density at radius 1 is 1.10 bits per heavy atom. The average Bonchev–Trinajstić information content (AvgIpc) is 2.36. The van der Waals surface area contributed by atoms with Crippen LogP contribution >= 0.6 is 13.5 Å². The molecule has 114 valence electrons. The van der Waals surface area contributed by atoms with Crippen molar-refractivity contribution in [3.05, 3.63) is 23.8 Å². The van der Waals surface area contributed by atoms with Crippen molar-refractivity contribution >= 4 is 19.4 Å². The molecule has 1 aromatic carbocycles. The Morgan fingerprint density at radius 2 is 1.60 bits per heavy atom. The quantitative estimate of drug-likeness (QED) is 0.878. The standard InChI is InChI=1S/C15H23NO3.H2S/c1-10(2)6-11(3)16-15(17)12-7-13(18-4)9-14(8-12)19-5;/h7-11H,6H2,1-5H3,(H,16,17);1H2/t11-;/m0./s1. The minimum atomic E-state index is -0.106. The fourth-order valence-electron chi connectivity index (χ4n) is 2.01. The van der Waals surface area contributed by atoms with Crippen molar-refractivity contribution in [2.45, 2.75) is 33.2 Å². The zero-order valence-corrected chi connectivity index (χ0v) is 13.8. The van der Waals surface area contributed by atoms with Crippen LogP contribution in [0, 0.1) is 5.92 Å². The van der Waals surface area contributed by atoms with E-state index in [1.165, 1.54) is 0 Å². The van der Waals surface area contributed by atoms with Gasteiger partial charge in [0.1, 0.15) is 11.5 Å². The number of carbonyl (C=O) groups is 1. The first-order valence-corrected chi connectivity index (χ1v) is 6.50. The summed E-state index contributed by atoms with van der Waals surface area (Å²) >= 11 is 0. The first-order chi connectivity index (χ1) is 8.96. The van der Waals surface area contributed by atoms with Gasteiger partial charge < -0.3 is 14.8 Å². The van der Waals surface area contributed by atoms with E-state index in [9.17, 15) is 4.79 Å². The SMILES string of the molecule is COc1cc(OC)cc(C(=O)N[C@@H](C)CC(C)C)c1.S. The number of amides is 1. The Morgan fingerprint density at radius 3 is 2.00 bits per heavy atom. The van der Waals surface area contributed by atoms with E-state index in [2.05, 4.69) is 19.2 Å². The van der Waals surface area contributed by atoms with Crippen LogP contribution in [0.1, 0.15) is 37.6 Å². The fourth-order valence-corrected chi connectivity index (χ4v) is 2.01. The van der Waals surface area contributed by atoms with Crippen molar-refractivity contribution in [1.29, 1.82) is 0 Å². The van der Waals surface area contributed by atoms with Crippen LogP contribution in [0.2, 0.25) is 0 Å². The minimum absolute atomic E-state index is 0. The summed E-state index contributed by atoms with van der Waals surface area (Å²) in [6, 6.07) is 5.30. The van der Waals surface area contributed by atoms with Gasteiger partial charge in [-0.3, -0.25) is 4.79 Å². The van der Waals surface area contributed by atoms with Crippen LogP contribution in [0.25, 0.3) is 0 Å². The first kappa shape index (κ1) is 18.6. The van der Waals surface area contributed by atoms with Gasteiger partial charge in [0, 0.05) is 17.7 Å². The molecule has 0 heterocycles. The second-order valence-electron chi connectivity index (χ2n) is 5.11. The second kappa shape index (κ2) is 8.74. The van der Waals surface area contributed by atoms with E-state index in [1.807, 2.05) is 6.92 Å². The third-order valence-electron chi connectivity index (χ3n) is 2.82. The van der Waals surface area contributed by atoms with E-state index < -0.39 is 0 Å². The second-order valence-corrected chi connectivity index (χ2v) is 5.11. The molecular weight excluding hydrogens is 274 g/mol. The summed E-state index contributed by atoms with van der Waals surface area (Å²) in [5.74, 6) is 1.67. The number of hydrogen-bond donors (Lipinski definition) is 1. The minimum Gasteiger partial charge on any atom is -0.497 e. The molecule has 0 radical (unpaired) electrons. The summed E-state index contributed by atoms with van der Waals surface area (Å²) < 4.78 is 10.3. The molecule has 0 aliphatic heterocycles. The third kappa shape index (κ3) is 5.74. The summed E-state index contributed by atoms with van der Waals surface area (Å²) in [7, 11) is 3.13. The maximum atomic E-state index is 12.2. The Labute approximate surface area is 128 Å². The van der Waals surface area contributed by atoms with Gasteiger partial charge in [0.2, 0.25) is 0 Å². The highest BCUT2D eigenvalue weighted by Gasteiger charge is 2.13. The van der Waals surface area contributed by atoms with Crippen molar-refractivity contribution in [3.8, 4) is 11.5 Å². The molecule has 5 heteroatoms. The van der Waals surface area contributed by atoms with Gasteiger partial charge in [0.25, 0.3) is 5.91 Å². The summed E-state index contributed by atoms with van der Waals surface area (Å²) in [6.07, 6.45) is 0.951. The van der Waals surface area contributed by atoms with Crippen molar-refractivity contribution in [3.63, 3.8) is 0 Å². The number of benzene rings is 1. The predicted octanol–water partition coefficient (Wildman–Crippen LogP) is 2.98. The summed E-state index contributed by atoms with van der Waals surface area (Å²) in [6.45, 7) is 6.28. The van der Waals surface area contributed by atoms with Crippen molar-refractivity contribution in [1.82, 2.24) is 5.32 Å². The molecule has 1 rings (SSSR count). The monoisotopic (exact) mass is 299 g/mol. The van der Waals surface area contributed by atoms with Gasteiger partial charge in [-0.15, -0.1) is 0 Å². The summed E-state index contributed by atoms with van der Waals surface area (Å²) in [4.78, 5) is 12.2. The van der Waals surface area contributed by atoms with Crippen LogP contribution in [0.15, 0.2) is 18.2 Å². The van der Waals surface area contributed by atoms with Gasteiger partial charge in [0.05, 0.1) is 14.2 Å². The fraction of sp³-hybridized carbons (Fsp3) is 0.533. The van der Waals surface area contributed by atoms with Crippen LogP contribution < -0.4 is 14.8 Å². The maximum absolute atomic E-state index is 12.2. The Balaban J connectivity index is 0.00000361. The summed E-state index contributed by atoms with van der Waals surface area (Å²) in [5, 5.41) is 2.98. The van der Waals surface area contributed by atoms with E-state index >= 15 is 0 Å². The van der Waals surface area contributed by atoms with Gasteiger partial charge >= 0.3 is 0 Å². The highest BCUT2D eigenvalue weighted by atomic mass is 32.1. The van der Waals surface area contributed by atoms with Crippen LogP contribution in [-0.2, 0) is 0 Å². The molecule has 0 aliphatic carbocycles. The van der Waals surface area contributed by atoms with Crippen LogP contribution in [0.5, 0.6) is 11.5 Å². The molecule has 1 amide bonds. The first-order valence-electron chi connectivity index (χ1n) is 6.50. The van der Waals surface area contributed by atoms with Gasteiger partial charge in [-0.25, -0.2) is 0 Å². The topological polar surface area (TPSA) is 47.6 Å². The van der Waals surface area contributed by atoms with Gasteiger partial charge in [-0.2, -0.15) is 13.5 Å². The zero-order chi connectivity index (χ0) is 14.4. The Kier molecular flexibility index (Phi) is 8.15. The number of hydrogen-bond acceptors (Lipinski definition) is 3. The van der Waals surface area contributed by atoms with E-state index in [1.54, 1.807) is 32.4 Å². The Bertz CT molecular complexity index is 413. The molecule has 0 saturated heterocycles. The molecule has 0 saturated carbocycles. The van der Waals surface area contributed by atoms with Crippen molar-refractivity contribution < 1.29 is 14.3 Å². The van der Waals surface area contributed by atoms with Gasteiger partial charge in [-0.1, -0.05) is 13.8 Å². The number of methoxy groups -OCH3 is 2. The number of ether oxygens (including phenoxy) is 2. The lowest BCUT2D eigenvalue weighted by atomic mass is 10.0. The van der Waals surface area contributed by atoms with E-state index in [4.69, 9.17) is 9.47 Å². The van der Waals surface area contributed by atoms with Gasteiger partial charge in [0.15, 0.2) is 0 Å². The number of rotatable bonds is 6. The molecule has 0 fully saturated rings. The lowest BCUT2D eigenvalue weighted by Gasteiger charge is -2.16. The predicted molar refractivity (Wildman–Crippen MR) is 86.3 cm³/mol. The molecule has 1 aromatic rings.